The maximum atomic E-state index is 13.3. The van der Waals surface area contributed by atoms with Crippen LogP contribution in [-0.2, 0) is 24.0 Å². The number of nitrogen functional groups attached to an aromatic ring is 1. The second-order valence-electron chi connectivity index (χ2n) is 8.40. The Labute approximate surface area is 230 Å². The van der Waals surface area contributed by atoms with Gasteiger partial charge in [-0.3, -0.25) is 19.3 Å². The topological polar surface area (TPSA) is 238 Å². The molecule has 4 heterocycles. The molecule has 0 aliphatic carbocycles. The standard InChI is InChI=1S/C23H18N6O9S2/c24-23-25-10(7-40-23)15(18(32)27-16-19(33)29-11(21(34)35)5-6-39-20(16)29)28-38-17(22(36)37)9-1-3-12(30)14-8(9)2-4-13(31)26-14/h1-5,7,16-17,20,30H,6H2,(H2,24,25)(H,26,31)(H,27,32)(H,34,35)(H,36,37)/b28-15-/t16-,17?,20+/m1/s1. The third kappa shape index (κ3) is 4.71. The van der Waals surface area contributed by atoms with E-state index in [9.17, 15) is 39.3 Å². The van der Waals surface area contributed by atoms with Gasteiger partial charge in [-0.15, -0.1) is 23.1 Å². The molecule has 1 unspecified atom stereocenters. The number of H-pyrrole nitrogens is 1. The van der Waals surface area contributed by atoms with Gasteiger partial charge in [0.05, 0.1) is 5.52 Å². The Morgan fingerprint density at radius 2 is 2.00 bits per heavy atom. The van der Waals surface area contributed by atoms with Gasteiger partial charge in [-0.1, -0.05) is 11.2 Å². The molecule has 3 aromatic rings. The van der Waals surface area contributed by atoms with Crippen LogP contribution in [0, 0.1) is 0 Å². The molecule has 0 saturated carbocycles. The molecule has 3 atom stereocenters. The van der Waals surface area contributed by atoms with Crippen molar-refractivity contribution in [3.05, 3.63) is 63.0 Å². The molecule has 2 amide bonds. The number of phenolic OH excluding ortho intramolecular Hbond substituents is 1. The van der Waals surface area contributed by atoms with Crippen LogP contribution in [0.25, 0.3) is 10.9 Å². The summed E-state index contributed by atoms with van der Waals surface area (Å²) in [5.41, 5.74) is 4.42. The van der Waals surface area contributed by atoms with E-state index in [1.807, 2.05) is 0 Å². The molecular formula is C23H18N6O9S2. The highest BCUT2D eigenvalue weighted by atomic mass is 32.2. The highest BCUT2D eigenvalue weighted by Gasteiger charge is 2.53. The molecule has 1 saturated heterocycles. The van der Waals surface area contributed by atoms with Crippen molar-refractivity contribution >= 4 is 68.6 Å². The quantitative estimate of drug-likeness (QED) is 0.118. The Morgan fingerprint density at radius 1 is 1.23 bits per heavy atom. The Kier molecular flexibility index (Phi) is 6.90. The van der Waals surface area contributed by atoms with Crippen LogP contribution in [0.5, 0.6) is 5.75 Å². The smallest absolute Gasteiger partial charge is 0.352 e. The third-order valence-corrected chi connectivity index (χ3v) is 7.85. The summed E-state index contributed by atoms with van der Waals surface area (Å²) in [4.78, 5) is 74.1. The predicted octanol–water partition coefficient (Wildman–Crippen LogP) is 0.187. The second kappa shape index (κ2) is 10.3. The number of amides is 2. The largest absolute Gasteiger partial charge is 0.506 e. The summed E-state index contributed by atoms with van der Waals surface area (Å²) >= 11 is 2.22. The van der Waals surface area contributed by atoms with Gasteiger partial charge in [-0.05, 0) is 18.2 Å². The molecule has 0 radical (unpaired) electrons. The number of benzene rings is 1. The van der Waals surface area contributed by atoms with E-state index in [4.69, 9.17) is 10.6 Å². The number of anilines is 1. The van der Waals surface area contributed by atoms with Crippen LogP contribution in [-0.4, -0.2) is 76.8 Å². The fraction of sp³-hybridized carbons (Fsp3) is 0.174. The summed E-state index contributed by atoms with van der Waals surface area (Å²) in [5.74, 6) is -4.37. The van der Waals surface area contributed by atoms with E-state index in [-0.39, 0.29) is 38.7 Å². The van der Waals surface area contributed by atoms with E-state index < -0.39 is 52.5 Å². The monoisotopic (exact) mass is 586 g/mol. The molecule has 7 N–H and O–H groups in total. The van der Waals surface area contributed by atoms with Crippen LogP contribution in [0.2, 0.25) is 0 Å². The van der Waals surface area contributed by atoms with Crippen molar-refractivity contribution in [1.82, 2.24) is 20.2 Å². The fourth-order valence-corrected chi connectivity index (χ4v) is 5.92. The lowest BCUT2D eigenvalue weighted by Gasteiger charge is -2.48. The molecule has 2 aliphatic heterocycles. The number of carboxylic acids is 2. The maximum Gasteiger partial charge on any atom is 0.352 e. The van der Waals surface area contributed by atoms with Gasteiger partial charge in [-0.25, -0.2) is 14.6 Å². The van der Waals surface area contributed by atoms with Gasteiger partial charge in [0.1, 0.15) is 28.6 Å². The number of carbonyl (C=O) groups excluding carboxylic acids is 2. The number of aromatic amines is 1. The molecule has 2 aliphatic rings. The van der Waals surface area contributed by atoms with Gasteiger partial charge in [0, 0.05) is 28.1 Å². The number of hydrogen-bond acceptors (Lipinski definition) is 12. The van der Waals surface area contributed by atoms with E-state index in [2.05, 4.69) is 20.4 Å². The number of pyridine rings is 1. The third-order valence-electron chi connectivity index (χ3n) is 5.99. The number of phenols is 1. The first-order valence-corrected chi connectivity index (χ1v) is 13.2. The molecule has 206 valence electrons. The minimum atomic E-state index is -1.80. The maximum absolute atomic E-state index is 13.3. The number of oxime groups is 1. The molecular weight excluding hydrogens is 568 g/mol. The number of carbonyl (C=O) groups is 4. The first kappa shape index (κ1) is 26.7. The minimum absolute atomic E-state index is 0.00857. The summed E-state index contributed by atoms with van der Waals surface area (Å²) in [6.07, 6.45) is -0.404. The van der Waals surface area contributed by atoms with Gasteiger partial charge in [0.25, 0.3) is 11.8 Å². The predicted molar refractivity (Wildman–Crippen MR) is 142 cm³/mol. The summed E-state index contributed by atoms with van der Waals surface area (Å²) in [6.45, 7) is 0. The highest BCUT2D eigenvalue weighted by molar-refractivity contribution is 8.00. The van der Waals surface area contributed by atoms with Crippen molar-refractivity contribution in [3.63, 3.8) is 0 Å². The van der Waals surface area contributed by atoms with Crippen LogP contribution >= 0.6 is 23.1 Å². The lowest BCUT2D eigenvalue weighted by molar-refractivity contribution is -0.151. The number of nitrogens with one attached hydrogen (secondary N) is 2. The molecule has 17 heteroatoms. The van der Waals surface area contributed by atoms with Crippen LogP contribution < -0.4 is 16.6 Å². The number of nitrogens with two attached hydrogens (primary N) is 1. The molecule has 15 nitrogen and oxygen atoms in total. The summed E-state index contributed by atoms with van der Waals surface area (Å²) in [6, 6.07) is 3.78. The van der Waals surface area contributed by atoms with Crippen molar-refractivity contribution in [2.75, 3.05) is 11.5 Å². The van der Waals surface area contributed by atoms with E-state index in [0.29, 0.717) is 5.75 Å². The number of rotatable bonds is 8. The van der Waals surface area contributed by atoms with E-state index in [0.717, 1.165) is 22.3 Å². The molecule has 40 heavy (non-hydrogen) atoms. The van der Waals surface area contributed by atoms with E-state index >= 15 is 0 Å². The van der Waals surface area contributed by atoms with Crippen LogP contribution in [0.1, 0.15) is 17.4 Å². The van der Waals surface area contributed by atoms with E-state index in [1.165, 1.54) is 41.4 Å². The summed E-state index contributed by atoms with van der Waals surface area (Å²) in [5, 5.41) is 36.6. The summed E-state index contributed by atoms with van der Waals surface area (Å²) < 4.78 is 0. The number of carboxylic acid groups (broad SMARTS) is 2. The van der Waals surface area contributed by atoms with Crippen molar-refractivity contribution in [2.24, 2.45) is 5.16 Å². The number of aromatic nitrogens is 2. The molecule has 1 aromatic carbocycles. The lowest BCUT2D eigenvalue weighted by atomic mass is 10.0. The Balaban J connectivity index is 1.45. The van der Waals surface area contributed by atoms with Crippen molar-refractivity contribution < 1.29 is 39.3 Å². The van der Waals surface area contributed by atoms with Crippen molar-refractivity contribution in [3.8, 4) is 5.75 Å². The molecule has 2 aromatic heterocycles. The average Bonchev–Trinajstić information content (AvgIpc) is 3.35. The van der Waals surface area contributed by atoms with Crippen LogP contribution in [0.3, 0.4) is 0 Å². The number of hydrogen-bond donors (Lipinski definition) is 6. The van der Waals surface area contributed by atoms with Crippen molar-refractivity contribution in [2.45, 2.75) is 17.5 Å². The number of nitrogens with zero attached hydrogens (tertiary/aromatic N) is 3. The molecule has 1 fully saturated rings. The average molecular weight is 587 g/mol. The van der Waals surface area contributed by atoms with Gasteiger partial charge >= 0.3 is 11.9 Å². The number of thioether (sulfide) groups is 1. The number of fused-ring (bicyclic) bond motifs is 2. The Hall–Kier alpha value is -4.90. The number of aliphatic carboxylic acids is 2. The summed E-state index contributed by atoms with van der Waals surface area (Å²) in [7, 11) is 0. The zero-order chi connectivity index (χ0) is 28.7. The normalized spacial score (nSPS) is 19.3. The lowest BCUT2D eigenvalue weighted by Crippen LogP contribution is -2.70. The Bertz CT molecular complexity index is 1700. The Morgan fingerprint density at radius 3 is 2.67 bits per heavy atom. The minimum Gasteiger partial charge on any atom is -0.506 e. The zero-order valence-electron chi connectivity index (χ0n) is 19.9. The van der Waals surface area contributed by atoms with E-state index in [1.54, 1.807) is 0 Å². The second-order valence-corrected chi connectivity index (χ2v) is 10.4. The number of aromatic hydroxyl groups is 1. The van der Waals surface area contributed by atoms with Gasteiger partial charge < -0.3 is 36.2 Å². The van der Waals surface area contributed by atoms with Gasteiger partial charge in [0.15, 0.2) is 10.8 Å². The number of thiazole rings is 1. The molecule has 0 bridgehead atoms. The van der Waals surface area contributed by atoms with Crippen LogP contribution in [0.4, 0.5) is 5.13 Å². The molecule has 5 rings (SSSR count). The zero-order valence-corrected chi connectivity index (χ0v) is 21.6. The SMILES string of the molecule is Nc1nc(/C(=N/OC(C(=O)O)c2ccc(O)c3[nH]c(=O)ccc23)C(=O)N[C@@H]2C(=O)N3C(C(=O)O)=CCS[C@@H]23)cs1. The fourth-order valence-electron chi connectivity index (χ4n) is 4.18. The molecule has 0 spiro atoms. The first-order valence-electron chi connectivity index (χ1n) is 11.3. The van der Waals surface area contributed by atoms with Gasteiger partial charge in [-0.2, -0.15) is 0 Å². The van der Waals surface area contributed by atoms with Gasteiger partial charge in [0.2, 0.25) is 11.7 Å². The first-order chi connectivity index (χ1) is 19.1. The van der Waals surface area contributed by atoms with Crippen LogP contribution in [0.15, 0.2) is 51.4 Å². The van der Waals surface area contributed by atoms with Crippen molar-refractivity contribution in [1.29, 1.82) is 0 Å². The number of β-lactam (4-membered cyclic amide) rings is 1. The highest BCUT2D eigenvalue weighted by Crippen LogP contribution is 2.37.